The average molecular weight is 141 g/mol. The lowest BCUT2D eigenvalue weighted by molar-refractivity contribution is 0.241. The number of aliphatic hydroxyl groups excluding tert-OH is 1. The van der Waals surface area contributed by atoms with Crippen LogP contribution in [0, 0.1) is 5.41 Å². The Bertz CT molecular complexity index is 193. The predicted molar refractivity (Wildman–Crippen MR) is 38.4 cm³/mol. The van der Waals surface area contributed by atoms with Crippen molar-refractivity contribution >= 4 is 5.71 Å². The summed E-state index contributed by atoms with van der Waals surface area (Å²) in [5, 5.41) is 16.3. The largest absolute Gasteiger partial charge is 0.387 e. The van der Waals surface area contributed by atoms with Gasteiger partial charge in [0, 0.05) is 5.57 Å². The Kier molecular flexibility index (Phi) is 1.63. The maximum absolute atomic E-state index is 9.05. The van der Waals surface area contributed by atoms with Crippen molar-refractivity contribution in [2.24, 2.45) is 11.5 Å². The van der Waals surface area contributed by atoms with Gasteiger partial charge in [-0.1, -0.05) is 0 Å². The summed E-state index contributed by atoms with van der Waals surface area (Å²) in [4.78, 5) is 0. The van der Waals surface area contributed by atoms with Crippen molar-refractivity contribution in [3.8, 4) is 0 Å². The summed E-state index contributed by atoms with van der Waals surface area (Å²) in [5.41, 5.74) is 11.3. The van der Waals surface area contributed by atoms with Crippen molar-refractivity contribution in [1.29, 1.82) is 5.41 Å². The molecule has 0 radical (unpaired) electrons. The van der Waals surface area contributed by atoms with Crippen LogP contribution < -0.4 is 11.5 Å². The Morgan fingerprint density at radius 3 is 2.40 bits per heavy atom. The van der Waals surface area contributed by atoms with Crippen LogP contribution in [0.15, 0.2) is 11.4 Å². The van der Waals surface area contributed by atoms with Crippen LogP contribution in [0.25, 0.3) is 0 Å². The first-order chi connectivity index (χ1) is 4.63. The topological polar surface area (TPSA) is 96.1 Å². The van der Waals surface area contributed by atoms with E-state index in [4.69, 9.17) is 22.0 Å². The van der Waals surface area contributed by atoms with Crippen LogP contribution in [0.4, 0.5) is 0 Å². The molecule has 1 aliphatic rings. The van der Waals surface area contributed by atoms with Gasteiger partial charge in [0.25, 0.3) is 0 Å². The molecule has 1 unspecified atom stereocenters. The number of hydrogen-bond donors (Lipinski definition) is 4. The monoisotopic (exact) mass is 141 g/mol. The number of rotatable bonds is 0. The van der Waals surface area contributed by atoms with Crippen molar-refractivity contribution in [2.75, 3.05) is 0 Å². The summed E-state index contributed by atoms with van der Waals surface area (Å²) in [5.74, 6) is 0.168. The molecule has 10 heavy (non-hydrogen) atoms. The highest BCUT2D eigenvalue weighted by Crippen LogP contribution is 2.21. The molecule has 1 rings (SSSR count). The number of nitrogens with one attached hydrogen (secondary N) is 1. The van der Waals surface area contributed by atoms with E-state index in [-0.39, 0.29) is 11.5 Å². The number of nitrogens with two attached hydrogens (primary N) is 2. The van der Waals surface area contributed by atoms with Crippen molar-refractivity contribution in [3.05, 3.63) is 11.4 Å². The van der Waals surface area contributed by atoms with Crippen LogP contribution in [0.2, 0.25) is 0 Å². The van der Waals surface area contributed by atoms with E-state index in [2.05, 4.69) is 0 Å². The zero-order chi connectivity index (χ0) is 7.72. The standard InChI is InChI=1S/C6H11N3O/c7-5-3(6(8)9)1-2-4(5)10/h4,7,10H,1-2,8-9H2. The van der Waals surface area contributed by atoms with E-state index < -0.39 is 6.10 Å². The summed E-state index contributed by atoms with van der Waals surface area (Å²) in [6.45, 7) is 0. The Labute approximate surface area is 59.0 Å². The Balaban J connectivity index is 2.86. The van der Waals surface area contributed by atoms with E-state index >= 15 is 0 Å². The first kappa shape index (κ1) is 7.08. The van der Waals surface area contributed by atoms with Crippen molar-refractivity contribution in [1.82, 2.24) is 0 Å². The first-order valence-electron chi connectivity index (χ1n) is 3.14. The van der Waals surface area contributed by atoms with E-state index in [0.717, 1.165) is 0 Å². The third-order valence-electron chi connectivity index (χ3n) is 1.67. The lowest BCUT2D eigenvalue weighted by Crippen LogP contribution is -2.18. The minimum absolute atomic E-state index is 0.168. The molecule has 4 heteroatoms. The molecule has 0 spiro atoms. The molecule has 0 amide bonds. The summed E-state index contributed by atoms with van der Waals surface area (Å²) >= 11 is 0. The molecule has 0 bridgehead atoms. The minimum atomic E-state index is -0.655. The van der Waals surface area contributed by atoms with Crippen molar-refractivity contribution in [3.63, 3.8) is 0 Å². The lowest BCUT2D eigenvalue weighted by atomic mass is 10.2. The molecular weight excluding hydrogens is 130 g/mol. The van der Waals surface area contributed by atoms with Gasteiger partial charge in [-0.2, -0.15) is 0 Å². The third-order valence-corrected chi connectivity index (χ3v) is 1.67. The highest BCUT2D eigenvalue weighted by Gasteiger charge is 2.24. The average Bonchev–Trinajstić information content (AvgIpc) is 2.14. The highest BCUT2D eigenvalue weighted by molar-refractivity contribution is 6.03. The zero-order valence-electron chi connectivity index (χ0n) is 5.59. The fraction of sp³-hybridized carbons (Fsp3) is 0.500. The van der Waals surface area contributed by atoms with E-state index in [1.165, 1.54) is 0 Å². The van der Waals surface area contributed by atoms with Gasteiger partial charge >= 0.3 is 0 Å². The molecule has 1 saturated carbocycles. The zero-order valence-corrected chi connectivity index (χ0v) is 5.59. The van der Waals surface area contributed by atoms with Gasteiger partial charge in [-0.15, -0.1) is 0 Å². The fourth-order valence-electron chi connectivity index (χ4n) is 1.06. The Hall–Kier alpha value is -1.03. The van der Waals surface area contributed by atoms with Gasteiger partial charge < -0.3 is 22.0 Å². The maximum Gasteiger partial charge on any atom is 0.0985 e. The summed E-state index contributed by atoms with van der Waals surface area (Å²) in [6.07, 6.45) is 0.547. The molecule has 56 valence electrons. The lowest BCUT2D eigenvalue weighted by Gasteiger charge is -2.00. The Morgan fingerprint density at radius 1 is 1.60 bits per heavy atom. The van der Waals surface area contributed by atoms with E-state index in [1.807, 2.05) is 0 Å². The quantitative estimate of drug-likeness (QED) is 0.359. The second-order valence-electron chi connectivity index (χ2n) is 2.40. The summed E-state index contributed by atoms with van der Waals surface area (Å²) < 4.78 is 0. The molecular formula is C6H11N3O. The van der Waals surface area contributed by atoms with Crippen molar-refractivity contribution in [2.45, 2.75) is 18.9 Å². The number of aliphatic hydroxyl groups is 1. The normalized spacial score (nSPS) is 25.5. The second-order valence-corrected chi connectivity index (χ2v) is 2.40. The third kappa shape index (κ3) is 0.974. The summed E-state index contributed by atoms with van der Waals surface area (Å²) in [6, 6.07) is 0. The Morgan fingerprint density at radius 2 is 2.20 bits per heavy atom. The predicted octanol–water partition coefficient (Wildman–Crippen LogP) is -0.710. The molecule has 0 saturated heterocycles. The molecule has 0 heterocycles. The maximum atomic E-state index is 9.05. The van der Waals surface area contributed by atoms with Gasteiger partial charge in [-0.3, -0.25) is 0 Å². The van der Waals surface area contributed by atoms with Gasteiger partial charge in [0.1, 0.15) is 0 Å². The molecule has 1 atom stereocenters. The highest BCUT2D eigenvalue weighted by atomic mass is 16.3. The van der Waals surface area contributed by atoms with Crippen LogP contribution in [-0.2, 0) is 0 Å². The van der Waals surface area contributed by atoms with Crippen molar-refractivity contribution < 1.29 is 5.11 Å². The summed E-state index contributed by atoms with van der Waals surface area (Å²) in [7, 11) is 0. The van der Waals surface area contributed by atoms with E-state index in [0.29, 0.717) is 18.4 Å². The van der Waals surface area contributed by atoms with E-state index in [1.54, 1.807) is 0 Å². The van der Waals surface area contributed by atoms with Gasteiger partial charge in [0.2, 0.25) is 0 Å². The van der Waals surface area contributed by atoms with Gasteiger partial charge in [-0.25, -0.2) is 0 Å². The van der Waals surface area contributed by atoms with Gasteiger partial charge in [-0.05, 0) is 12.8 Å². The molecule has 0 aromatic carbocycles. The first-order valence-corrected chi connectivity index (χ1v) is 3.14. The molecule has 0 aliphatic heterocycles. The fourth-order valence-corrected chi connectivity index (χ4v) is 1.06. The van der Waals surface area contributed by atoms with Crippen LogP contribution >= 0.6 is 0 Å². The SMILES string of the molecule is N=C1C(=C(N)N)CCC1O. The van der Waals surface area contributed by atoms with Gasteiger partial charge in [0.15, 0.2) is 0 Å². The molecule has 0 aromatic rings. The molecule has 1 fully saturated rings. The van der Waals surface area contributed by atoms with Crippen LogP contribution in [-0.4, -0.2) is 16.9 Å². The molecule has 0 aromatic heterocycles. The second kappa shape index (κ2) is 2.30. The van der Waals surface area contributed by atoms with E-state index in [9.17, 15) is 0 Å². The number of hydrogen-bond acceptors (Lipinski definition) is 4. The molecule has 1 aliphatic carbocycles. The van der Waals surface area contributed by atoms with Crippen LogP contribution in [0.1, 0.15) is 12.8 Å². The van der Waals surface area contributed by atoms with Gasteiger partial charge in [0.05, 0.1) is 17.6 Å². The van der Waals surface area contributed by atoms with Crippen LogP contribution in [0.5, 0.6) is 0 Å². The smallest absolute Gasteiger partial charge is 0.0985 e. The minimum Gasteiger partial charge on any atom is -0.387 e. The van der Waals surface area contributed by atoms with Crippen LogP contribution in [0.3, 0.4) is 0 Å². The molecule has 4 nitrogen and oxygen atoms in total. The molecule has 6 N–H and O–H groups in total.